The van der Waals surface area contributed by atoms with E-state index < -0.39 is 50.9 Å². The fourth-order valence-corrected chi connectivity index (χ4v) is 24.1. The average Bonchev–Trinajstić information content (AvgIpc) is 3.62. The Morgan fingerprint density at radius 2 is 1.32 bits per heavy atom. The quantitative estimate of drug-likeness (QED) is 0.121. The van der Waals surface area contributed by atoms with Crippen LogP contribution in [0.2, 0.25) is 0 Å². The van der Waals surface area contributed by atoms with Gasteiger partial charge in [0.1, 0.15) is 0 Å². The second kappa shape index (κ2) is 11.9. The van der Waals surface area contributed by atoms with E-state index in [9.17, 15) is 26.3 Å². The van der Waals surface area contributed by atoms with Gasteiger partial charge in [-0.15, -0.1) is 0 Å². The zero-order valence-corrected chi connectivity index (χ0v) is 30.3. The van der Waals surface area contributed by atoms with Crippen molar-refractivity contribution in [2.24, 2.45) is 0 Å². The van der Waals surface area contributed by atoms with E-state index in [1.165, 1.54) is 15.9 Å². The second-order valence-electron chi connectivity index (χ2n) is 11.9. The summed E-state index contributed by atoms with van der Waals surface area (Å²) >= 11 is -4.43. The SMILES string of the molecule is CCC1=Cc2c(ccc(-c3ccccc3)c2-c2cc(C(F)(F)F)cc(C(F)(F)F)c2)[CH]1[Zr]([Cl])([Cl])[c]1cccc2c1[SiH2]c1ccccc1-2. The van der Waals surface area contributed by atoms with Crippen LogP contribution in [-0.4, -0.2) is 9.52 Å². The van der Waals surface area contributed by atoms with Crippen LogP contribution in [-0.2, 0) is 30.2 Å². The van der Waals surface area contributed by atoms with Crippen LogP contribution in [0.1, 0.15) is 39.2 Å². The second-order valence-corrected chi connectivity index (χ2v) is 27.8. The molecule has 1 unspecified atom stereocenters. The van der Waals surface area contributed by atoms with Gasteiger partial charge in [-0.3, -0.25) is 0 Å². The molecule has 0 fully saturated rings. The third-order valence-corrected chi connectivity index (χ3v) is 23.6. The fourth-order valence-electron chi connectivity index (χ4n) is 7.14. The Bertz CT molecular complexity index is 2040. The molecule has 1 heterocycles. The number of alkyl halides is 6. The molecule has 5 aromatic rings. The van der Waals surface area contributed by atoms with Gasteiger partial charge in [0.25, 0.3) is 0 Å². The zero-order valence-electron chi connectivity index (χ0n) is 24.9. The van der Waals surface area contributed by atoms with Crippen molar-refractivity contribution in [3.8, 4) is 33.4 Å². The van der Waals surface area contributed by atoms with Crippen LogP contribution in [0.25, 0.3) is 39.5 Å². The molecule has 238 valence electrons. The molecular weight excluding hydrogens is 749 g/mol. The first-order valence-electron chi connectivity index (χ1n) is 15.1. The van der Waals surface area contributed by atoms with E-state index in [1.807, 2.05) is 43.3 Å². The summed E-state index contributed by atoms with van der Waals surface area (Å²) < 4.78 is 85.1. The summed E-state index contributed by atoms with van der Waals surface area (Å²) in [6, 6.07) is 28.9. The van der Waals surface area contributed by atoms with Crippen LogP contribution in [0.4, 0.5) is 26.3 Å². The molecule has 2 aliphatic rings. The van der Waals surface area contributed by atoms with Gasteiger partial charge in [0, 0.05) is 0 Å². The standard InChI is InChI=1S/C25H17F6.C12H9Si.2ClH.Zr/c1-2-15-10-17-8-9-21(16-6-4-3-5-7-16)23(22(17)11-15)18-12-19(24(26,27)28)14-20(13-18)25(29,30)31;1-3-7-11-9(5-1)10-6-2-4-8-12(10)13-11;;;/h3-14H,2H2,1H3;1-7H,13H2;2*1H;/q;;;;+2/p-2. The van der Waals surface area contributed by atoms with E-state index in [-0.39, 0.29) is 15.3 Å². The van der Waals surface area contributed by atoms with Gasteiger partial charge in [-0.05, 0) is 0 Å². The molecule has 0 nitrogen and oxygen atoms in total. The topological polar surface area (TPSA) is 0 Å². The Labute approximate surface area is 282 Å². The molecule has 1 atom stereocenters. The van der Waals surface area contributed by atoms with Crippen molar-refractivity contribution in [2.45, 2.75) is 29.3 Å². The summed E-state index contributed by atoms with van der Waals surface area (Å²) in [5, 5.41) is 2.55. The van der Waals surface area contributed by atoms with Gasteiger partial charge in [0.15, 0.2) is 0 Å². The van der Waals surface area contributed by atoms with E-state index in [1.54, 1.807) is 36.4 Å². The van der Waals surface area contributed by atoms with E-state index in [0.29, 0.717) is 28.7 Å². The Kier molecular flexibility index (Phi) is 8.27. The van der Waals surface area contributed by atoms with Crippen molar-refractivity contribution in [3.05, 3.63) is 131 Å². The first-order valence-corrected chi connectivity index (χ1v) is 25.5. The number of benzene rings is 5. The number of fused-ring (bicyclic) bond motifs is 4. The van der Waals surface area contributed by atoms with Crippen molar-refractivity contribution in [1.29, 1.82) is 0 Å². The summed E-state index contributed by atoms with van der Waals surface area (Å²) in [6.45, 7) is 1.98. The molecule has 0 radical (unpaired) electrons. The van der Waals surface area contributed by atoms with Gasteiger partial charge in [-0.25, -0.2) is 0 Å². The summed E-state index contributed by atoms with van der Waals surface area (Å²) in [4.78, 5) is 0. The van der Waals surface area contributed by atoms with E-state index >= 15 is 0 Å². The molecular formula is C37H26Cl2F6SiZr. The van der Waals surface area contributed by atoms with Crippen LogP contribution < -0.4 is 13.6 Å². The number of hydrogen-bond acceptors (Lipinski definition) is 0. The molecule has 10 heteroatoms. The number of hydrogen-bond donors (Lipinski definition) is 0. The first-order chi connectivity index (χ1) is 22.3. The Morgan fingerprint density at radius 1 is 0.681 bits per heavy atom. The maximum absolute atomic E-state index is 14.1. The fraction of sp³-hybridized carbons (Fsp3) is 0.135. The number of rotatable bonds is 5. The van der Waals surface area contributed by atoms with E-state index in [2.05, 4.69) is 18.2 Å². The summed E-state index contributed by atoms with van der Waals surface area (Å²) in [7, 11) is 14.5. The minimum absolute atomic E-state index is 0.163. The Hall–Kier alpha value is -2.90. The Morgan fingerprint density at radius 3 is 1.98 bits per heavy atom. The van der Waals surface area contributed by atoms with Crippen molar-refractivity contribution in [1.82, 2.24) is 0 Å². The molecule has 0 spiro atoms. The number of halogens is 8. The molecule has 0 saturated carbocycles. The Balaban J connectivity index is 1.47. The minimum atomic E-state index is -4.99. The van der Waals surface area contributed by atoms with Gasteiger partial charge >= 0.3 is 284 Å². The van der Waals surface area contributed by atoms with Gasteiger partial charge in [-0.2, -0.15) is 0 Å². The van der Waals surface area contributed by atoms with E-state index in [0.717, 1.165) is 32.1 Å². The molecule has 7 rings (SSSR count). The maximum atomic E-state index is 14.1. The van der Waals surface area contributed by atoms with Gasteiger partial charge in [0.2, 0.25) is 0 Å². The van der Waals surface area contributed by atoms with Crippen molar-refractivity contribution in [2.75, 3.05) is 0 Å². The van der Waals surface area contributed by atoms with Crippen LogP contribution in [0.5, 0.6) is 0 Å². The van der Waals surface area contributed by atoms with Crippen LogP contribution >= 0.6 is 17.0 Å². The zero-order chi connectivity index (χ0) is 33.3. The predicted octanol–water partition coefficient (Wildman–Crippen LogP) is 9.79. The molecule has 47 heavy (non-hydrogen) atoms. The van der Waals surface area contributed by atoms with Crippen LogP contribution in [0.15, 0.2) is 109 Å². The van der Waals surface area contributed by atoms with Crippen LogP contribution in [0, 0.1) is 0 Å². The van der Waals surface area contributed by atoms with Crippen molar-refractivity contribution in [3.63, 3.8) is 0 Å². The van der Waals surface area contributed by atoms with Crippen molar-refractivity contribution >= 4 is 46.3 Å². The van der Waals surface area contributed by atoms with Gasteiger partial charge < -0.3 is 0 Å². The molecule has 1 aliphatic heterocycles. The van der Waals surface area contributed by atoms with E-state index in [4.69, 9.17) is 17.0 Å². The average molecular weight is 775 g/mol. The summed E-state index contributed by atoms with van der Waals surface area (Å²) in [6.07, 6.45) is -7.50. The molecule has 0 N–H and O–H groups in total. The predicted molar refractivity (Wildman–Crippen MR) is 179 cm³/mol. The van der Waals surface area contributed by atoms with Crippen LogP contribution in [0.3, 0.4) is 0 Å². The molecule has 0 bridgehead atoms. The molecule has 5 aromatic carbocycles. The summed E-state index contributed by atoms with van der Waals surface area (Å²) in [5.41, 5.74) is 3.21. The summed E-state index contributed by atoms with van der Waals surface area (Å²) in [5.74, 6) is 0. The van der Waals surface area contributed by atoms with Gasteiger partial charge in [-0.1, -0.05) is 0 Å². The normalized spacial score (nSPS) is 16.2. The van der Waals surface area contributed by atoms with Crippen molar-refractivity contribution < 1.29 is 44.2 Å². The molecule has 0 saturated heterocycles. The third kappa shape index (κ3) is 5.69. The van der Waals surface area contributed by atoms with Gasteiger partial charge in [0.05, 0.1) is 0 Å². The first kappa shape index (κ1) is 32.6. The monoisotopic (exact) mass is 772 g/mol. The molecule has 1 aliphatic carbocycles. The number of allylic oxidation sites excluding steroid dienone is 1. The third-order valence-electron chi connectivity index (χ3n) is 9.23. The molecule has 0 aromatic heterocycles. The molecule has 0 amide bonds.